The number of carbonyl (C=O) groups excluding carboxylic acids is 2. The molecule has 0 bridgehead atoms. The van der Waals surface area contributed by atoms with Gasteiger partial charge in [0.25, 0.3) is 5.91 Å². The number of aliphatic hydroxyl groups is 1. The van der Waals surface area contributed by atoms with Gasteiger partial charge in [0, 0.05) is 43.4 Å². The van der Waals surface area contributed by atoms with E-state index in [2.05, 4.69) is 15.4 Å². The number of amides is 2. The van der Waals surface area contributed by atoms with Crippen LogP contribution in [0.5, 0.6) is 11.5 Å². The normalized spacial score (nSPS) is 14.5. The molecule has 3 aromatic carbocycles. The molecule has 3 N–H and O–H groups in total. The van der Waals surface area contributed by atoms with Crippen LogP contribution in [0.4, 0.5) is 18.9 Å². The first-order chi connectivity index (χ1) is 20.1. The molecule has 0 aromatic heterocycles. The van der Waals surface area contributed by atoms with Crippen LogP contribution < -0.4 is 25.0 Å². The summed E-state index contributed by atoms with van der Waals surface area (Å²) in [5.74, 6) is -0.338. The largest absolute Gasteiger partial charge is 0.573 e. The molecule has 0 aliphatic carbocycles. The number of hydrogen-bond donors (Lipinski definition) is 3. The van der Waals surface area contributed by atoms with Gasteiger partial charge < -0.3 is 30.1 Å². The lowest BCUT2D eigenvalue weighted by Gasteiger charge is -2.25. The van der Waals surface area contributed by atoms with E-state index < -0.39 is 24.4 Å². The molecule has 3 aromatic rings. The summed E-state index contributed by atoms with van der Waals surface area (Å²) in [5.41, 5.74) is 2.29. The smallest absolute Gasteiger partial charge is 0.494 e. The number of carbonyl (C=O) groups is 2. The van der Waals surface area contributed by atoms with Gasteiger partial charge in [0.05, 0.1) is 18.8 Å². The Labute approximate surface area is 254 Å². The first-order valence-corrected chi connectivity index (χ1v) is 13.8. The Kier molecular flexibility index (Phi) is 12.2. The second-order valence-electron chi connectivity index (χ2n) is 9.96. The number of nitrogens with zero attached hydrogens (tertiary/aromatic N) is 1. The maximum absolute atomic E-state index is 13.5. The second kappa shape index (κ2) is 15.6. The highest BCUT2D eigenvalue weighted by atomic mass is 35.5. The summed E-state index contributed by atoms with van der Waals surface area (Å²) >= 11 is 0. The summed E-state index contributed by atoms with van der Waals surface area (Å²) in [6, 6.07) is 19.2. The quantitative estimate of drug-likeness (QED) is 0.248. The molecule has 8 nitrogen and oxygen atoms in total. The van der Waals surface area contributed by atoms with Crippen molar-refractivity contribution in [2.24, 2.45) is 0 Å². The Bertz CT molecular complexity index is 1360. The Morgan fingerprint density at radius 2 is 1.77 bits per heavy atom. The maximum Gasteiger partial charge on any atom is 0.573 e. The number of anilines is 1. The van der Waals surface area contributed by atoms with Gasteiger partial charge in [-0.3, -0.25) is 9.59 Å². The zero-order valence-electron chi connectivity index (χ0n) is 23.6. The first kappa shape index (κ1) is 33.7. The molecule has 1 saturated heterocycles. The second-order valence-corrected chi connectivity index (χ2v) is 9.96. The molecule has 0 radical (unpaired) electrons. The van der Waals surface area contributed by atoms with Crippen LogP contribution in [-0.2, 0) is 17.8 Å². The van der Waals surface area contributed by atoms with Crippen molar-refractivity contribution in [3.63, 3.8) is 0 Å². The minimum atomic E-state index is -4.79. The van der Waals surface area contributed by atoms with Gasteiger partial charge in [-0.25, -0.2) is 0 Å². The summed E-state index contributed by atoms with van der Waals surface area (Å²) in [5, 5.41) is 17.1. The van der Waals surface area contributed by atoms with Crippen LogP contribution in [0.3, 0.4) is 0 Å². The average molecular weight is 622 g/mol. The number of halogens is 4. The Balaban J connectivity index is 0.00000506. The lowest BCUT2D eigenvalue weighted by atomic mass is 10.00. The van der Waals surface area contributed by atoms with E-state index in [1.165, 1.54) is 18.2 Å². The zero-order chi connectivity index (χ0) is 30.1. The molecule has 1 fully saturated rings. The van der Waals surface area contributed by atoms with Crippen LogP contribution in [-0.4, -0.2) is 55.1 Å². The Morgan fingerprint density at radius 1 is 1.02 bits per heavy atom. The zero-order valence-corrected chi connectivity index (χ0v) is 24.4. The summed E-state index contributed by atoms with van der Waals surface area (Å²) in [7, 11) is 0. The van der Waals surface area contributed by atoms with Crippen LogP contribution in [0.1, 0.15) is 41.3 Å². The Morgan fingerprint density at radius 3 is 2.44 bits per heavy atom. The molecule has 4 rings (SSSR count). The molecule has 2 amide bonds. The van der Waals surface area contributed by atoms with Gasteiger partial charge >= 0.3 is 6.36 Å². The van der Waals surface area contributed by atoms with Gasteiger partial charge in [-0.1, -0.05) is 42.5 Å². The number of ether oxygens (including phenoxy) is 2. The molecule has 0 unspecified atom stereocenters. The number of rotatable bonds is 13. The van der Waals surface area contributed by atoms with E-state index in [9.17, 15) is 27.9 Å². The van der Waals surface area contributed by atoms with E-state index in [0.29, 0.717) is 43.0 Å². The highest BCUT2D eigenvalue weighted by Crippen LogP contribution is 2.28. The predicted octanol–water partition coefficient (Wildman–Crippen LogP) is 5.02. The molecular formula is C31H35ClF3N3O5. The first-order valence-electron chi connectivity index (χ1n) is 13.8. The van der Waals surface area contributed by atoms with E-state index >= 15 is 0 Å². The van der Waals surface area contributed by atoms with Crippen LogP contribution in [0.25, 0.3) is 0 Å². The highest BCUT2D eigenvalue weighted by molar-refractivity contribution is 5.99. The van der Waals surface area contributed by atoms with E-state index in [1.54, 1.807) is 29.2 Å². The lowest BCUT2D eigenvalue weighted by molar-refractivity contribution is -0.274. The average Bonchev–Trinajstić information content (AvgIpc) is 3.38. The molecule has 12 heteroatoms. The third kappa shape index (κ3) is 10.2. The molecule has 43 heavy (non-hydrogen) atoms. The van der Waals surface area contributed by atoms with E-state index in [0.717, 1.165) is 12.0 Å². The third-order valence-corrected chi connectivity index (χ3v) is 6.74. The monoisotopic (exact) mass is 621 g/mol. The topological polar surface area (TPSA) is 100 Å². The fraction of sp³-hybridized carbons (Fsp3) is 0.355. The molecular weight excluding hydrogens is 587 g/mol. The summed E-state index contributed by atoms with van der Waals surface area (Å²) in [6.07, 6.45) is -4.33. The molecule has 0 spiro atoms. The Hall–Kier alpha value is -3.80. The van der Waals surface area contributed by atoms with Crippen molar-refractivity contribution < 1.29 is 37.3 Å². The van der Waals surface area contributed by atoms with Gasteiger partial charge in [0.15, 0.2) is 0 Å². The van der Waals surface area contributed by atoms with Crippen molar-refractivity contribution in [1.82, 2.24) is 10.6 Å². The van der Waals surface area contributed by atoms with Gasteiger partial charge in [-0.05, 0) is 55.2 Å². The number of nitrogens with one attached hydrogen (secondary N) is 2. The van der Waals surface area contributed by atoms with Crippen molar-refractivity contribution >= 4 is 29.9 Å². The molecule has 1 aliphatic rings. The van der Waals surface area contributed by atoms with E-state index in [1.807, 2.05) is 37.3 Å². The standard InChI is InChI=1S/C31H34F3N3O5.ClH/c1-2-41-26-17-23(16-24(18-26)37-13-7-12-29(37)39)30(40)36-27(15-21-8-4-3-5-9-21)28(38)20-35-19-22-10-6-11-25(14-22)42-31(32,33)34;/h3-6,8-11,14,16-18,27-28,35,38H,2,7,12-13,15,19-20H2,1H3,(H,36,40);1H/t27-,28+;/m0./s1. The molecule has 0 saturated carbocycles. The third-order valence-electron chi connectivity index (χ3n) is 6.74. The predicted molar refractivity (Wildman–Crippen MR) is 159 cm³/mol. The summed E-state index contributed by atoms with van der Waals surface area (Å²) < 4.78 is 47.4. The maximum atomic E-state index is 13.5. The number of hydrogen-bond acceptors (Lipinski definition) is 6. The van der Waals surface area contributed by atoms with Crippen molar-refractivity contribution in [3.05, 3.63) is 89.5 Å². The van der Waals surface area contributed by atoms with E-state index in [-0.39, 0.29) is 42.7 Å². The number of benzene rings is 3. The molecule has 2 atom stereocenters. The number of alkyl halides is 3. The summed E-state index contributed by atoms with van der Waals surface area (Å²) in [6.45, 7) is 2.98. The number of aliphatic hydroxyl groups excluding tert-OH is 1. The van der Waals surface area contributed by atoms with Crippen molar-refractivity contribution in [3.8, 4) is 11.5 Å². The lowest BCUT2D eigenvalue weighted by Crippen LogP contribution is -2.48. The fourth-order valence-electron chi connectivity index (χ4n) is 4.80. The van der Waals surface area contributed by atoms with Gasteiger partial charge in [0.2, 0.25) is 5.91 Å². The van der Waals surface area contributed by atoms with Gasteiger partial charge in [-0.15, -0.1) is 25.6 Å². The van der Waals surface area contributed by atoms with Crippen molar-refractivity contribution in [1.29, 1.82) is 0 Å². The minimum Gasteiger partial charge on any atom is -0.494 e. The van der Waals surface area contributed by atoms with Crippen LogP contribution in [0, 0.1) is 0 Å². The highest BCUT2D eigenvalue weighted by Gasteiger charge is 2.31. The fourth-order valence-corrected chi connectivity index (χ4v) is 4.80. The summed E-state index contributed by atoms with van der Waals surface area (Å²) in [4.78, 5) is 27.5. The van der Waals surface area contributed by atoms with Crippen LogP contribution in [0.2, 0.25) is 0 Å². The van der Waals surface area contributed by atoms with Crippen molar-refractivity contribution in [2.45, 2.75) is 51.2 Å². The minimum absolute atomic E-state index is 0. The SMILES string of the molecule is CCOc1cc(C(=O)N[C@@H](Cc2ccccc2)[C@H](O)CNCc2cccc(OC(F)(F)F)c2)cc(N2CCCC2=O)c1.Cl. The molecule has 1 aliphatic heterocycles. The van der Waals surface area contributed by atoms with Crippen molar-refractivity contribution in [2.75, 3.05) is 24.6 Å². The van der Waals surface area contributed by atoms with Crippen LogP contribution >= 0.6 is 12.4 Å². The van der Waals surface area contributed by atoms with Gasteiger partial charge in [-0.2, -0.15) is 0 Å². The van der Waals surface area contributed by atoms with Crippen LogP contribution in [0.15, 0.2) is 72.8 Å². The van der Waals surface area contributed by atoms with E-state index in [4.69, 9.17) is 4.74 Å². The molecule has 1 heterocycles. The van der Waals surface area contributed by atoms with Gasteiger partial charge in [0.1, 0.15) is 11.5 Å². The molecule has 232 valence electrons.